The summed E-state index contributed by atoms with van der Waals surface area (Å²) in [5.74, 6) is 0. The van der Waals surface area contributed by atoms with E-state index in [4.69, 9.17) is 42.6 Å². The Labute approximate surface area is 469 Å². The Morgan fingerprint density at radius 2 is 0.446 bits per heavy atom. The SMILES string of the molecule is CC1O[C@@H](O[C@@H]2C(C)O[C@@H](O[C@@H]3C(OS(=O)(=O)[O-])[C@H](O[C@@H]4C(C)O[C@@H](O)C(OS(=O)(=O)[O-])[C@H]4OS(=O)(=O)[O-])OC(C)[C@H]3O)C(OS(=O)(=O)[O-])[C@H]2OS(=O)(=O)[O-])C(OS(=O)(=O)[O-])[C@@H](O[C@@H]2OC(C)[C@@H](O)[C@H](OS(=O)(=O)[O-])C2OS(=O)(=O)[O-])[C@@H]1O. The Bertz CT molecular complexity index is 3180. The monoisotopic (exact) mass is 1380 g/mol. The molecule has 5 aliphatic heterocycles. The van der Waals surface area contributed by atoms with Gasteiger partial charge in [0, 0.05) is 0 Å². The fourth-order valence-corrected chi connectivity index (χ4v) is 12.4. The Morgan fingerprint density at radius 3 is 0.747 bits per heavy atom. The highest BCUT2D eigenvalue weighted by molar-refractivity contribution is 7.82. The number of aliphatic hydroxyl groups excluding tert-OH is 4. The van der Waals surface area contributed by atoms with E-state index in [2.05, 4.69) is 33.5 Å². The van der Waals surface area contributed by atoms with Gasteiger partial charge in [-0.3, -0.25) is 33.5 Å². The minimum atomic E-state index is -6.46. The van der Waals surface area contributed by atoms with Crippen molar-refractivity contribution in [2.75, 3.05) is 0 Å². The zero-order valence-corrected chi connectivity index (χ0v) is 47.8. The highest BCUT2D eigenvalue weighted by Gasteiger charge is 2.59. The van der Waals surface area contributed by atoms with Gasteiger partial charge in [0.2, 0.25) is 83.2 Å². The summed E-state index contributed by atoms with van der Waals surface area (Å²) in [4.78, 5) is 0. The van der Waals surface area contributed by atoms with E-state index in [0.29, 0.717) is 6.92 Å². The van der Waals surface area contributed by atoms with Crippen molar-refractivity contribution >= 4 is 83.2 Å². The lowest BCUT2D eigenvalue weighted by Gasteiger charge is -2.51. The molecule has 5 aliphatic rings. The molecule has 0 aromatic carbocycles. The maximum absolute atomic E-state index is 12.4. The second kappa shape index (κ2) is 26.5. The van der Waals surface area contributed by atoms with Crippen LogP contribution in [0.2, 0.25) is 0 Å². The molecule has 0 amide bonds. The van der Waals surface area contributed by atoms with E-state index in [0.717, 1.165) is 27.7 Å². The smallest absolute Gasteiger partial charge is 0.218 e. The van der Waals surface area contributed by atoms with Crippen molar-refractivity contribution < 1.29 is 200 Å². The van der Waals surface area contributed by atoms with Crippen LogP contribution in [0.4, 0.5) is 0 Å². The normalized spacial score (nSPS) is 41.3. The van der Waals surface area contributed by atoms with Crippen molar-refractivity contribution in [2.24, 2.45) is 0 Å². The summed E-state index contributed by atoms with van der Waals surface area (Å²) < 4.78 is 371. The number of hydrogen-bond acceptors (Lipinski definition) is 45. The molecule has 5 heterocycles. The fraction of sp³-hybridized carbons (Fsp3) is 1.00. The number of aliphatic hydroxyl groups is 4. The van der Waals surface area contributed by atoms with E-state index in [1.165, 1.54) is 0 Å². The van der Waals surface area contributed by atoms with Gasteiger partial charge in [0.05, 0.1) is 30.5 Å². The molecule has 45 nitrogen and oxygen atoms in total. The molecule has 0 spiro atoms. The van der Waals surface area contributed by atoms with Crippen molar-refractivity contribution in [3.63, 3.8) is 0 Å². The van der Waals surface area contributed by atoms with Gasteiger partial charge in [0.1, 0.15) is 61.0 Å². The predicted octanol–water partition coefficient (Wildman–Crippen LogP) is -10.9. The topological polar surface area (TPSA) is 695 Å². The number of ether oxygens (including phenoxy) is 9. The van der Waals surface area contributed by atoms with Gasteiger partial charge in [-0.2, -0.15) is 0 Å². The first-order valence-corrected chi connectivity index (χ1v) is 32.7. The summed E-state index contributed by atoms with van der Waals surface area (Å²) in [6.07, 6.45) is -66.8. The lowest BCUT2D eigenvalue weighted by Crippen LogP contribution is -2.68. The maximum atomic E-state index is 12.4. The highest BCUT2D eigenvalue weighted by Crippen LogP contribution is 2.40. The summed E-state index contributed by atoms with van der Waals surface area (Å²) in [7, 11) is -49.8. The van der Waals surface area contributed by atoms with Crippen LogP contribution >= 0.6 is 0 Å². The molecule has 83 heavy (non-hydrogen) atoms. The third-order valence-corrected chi connectivity index (χ3v) is 15.4. The first-order chi connectivity index (χ1) is 37.3. The van der Waals surface area contributed by atoms with Crippen LogP contribution in [-0.2, 0) is 159 Å². The van der Waals surface area contributed by atoms with Crippen LogP contribution in [-0.4, -0.2) is 278 Å². The Kier molecular flexibility index (Phi) is 23.0. The van der Waals surface area contributed by atoms with Crippen molar-refractivity contribution in [2.45, 2.75) is 188 Å². The van der Waals surface area contributed by atoms with E-state index in [1.807, 2.05) is 0 Å². The molecule has 0 saturated carbocycles. The van der Waals surface area contributed by atoms with E-state index in [1.54, 1.807) is 0 Å². The molecule has 0 aromatic heterocycles. The summed E-state index contributed by atoms with van der Waals surface area (Å²) in [5, 5.41) is 43.5. The largest absolute Gasteiger partial charge is 0.726 e. The molecule has 490 valence electrons. The van der Waals surface area contributed by atoms with Crippen LogP contribution < -0.4 is 0 Å². The zero-order chi connectivity index (χ0) is 63.5. The van der Waals surface area contributed by atoms with Crippen molar-refractivity contribution in [1.82, 2.24) is 0 Å². The molecule has 4 N–H and O–H groups in total. The van der Waals surface area contributed by atoms with Crippen LogP contribution in [0.5, 0.6) is 0 Å². The standard InChI is InChI=1S/C30H52O45S8/c1-6-11(31)16(66-29-24(74-82(53,54)55)18(68-76(35,36)37)13(33)8(3)62-29)22(72-80(47,48)49)28(61-6)65-15-10(5)63-30(25(75-83(56,57)58)20(15)70-78(41,42)43)67-17-12(32)7(2)60-27(23(17)73-81(50,51)52)64-14-9(4)59-26(34)21(71-79(44,45)46)19(14)69-77(38,39)40/h6-34H,1-5H3,(H,35,36,37)(H,38,39,40)(H,41,42,43)(H,44,45,46)(H,47,48,49)(H,50,51,52)(H,53,54,55)(H,56,57,58)/p-8/t6?,7?,8?,9?,10?,11-,12-,13-,14-,15-,16+,17+,18+,19+,20+,21?,22?,23?,24?,25?,26-,27+,28+,29+,30+/m1/s1. The Morgan fingerprint density at radius 1 is 0.253 bits per heavy atom. The predicted molar refractivity (Wildman–Crippen MR) is 228 cm³/mol. The molecule has 0 aliphatic carbocycles. The van der Waals surface area contributed by atoms with E-state index in [-0.39, 0.29) is 0 Å². The average Bonchev–Trinajstić information content (AvgIpc) is 2.88. The molecular formula is C30H44O45S8-8. The minimum Gasteiger partial charge on any atom is -0.726 e. The minimum absolute atomic E-state index is 0.679. The van der Waals surface area contributed by atoms with Crippen LogP contribution in [0.1, 0.15) is 34.6 Å². The second-order valence-electron chi connectivity index (χ2n) is 17.7. The molecular weight excluding hydrogens is 1340 g/mol. The van der Waals surface area contributed by atoms with E-state index in [9.17, 15) is 124 Å². The van der Waals surface area contributed by atoms with Crippen LogP contribution in [0.25, 0.3) is 0 Å². The third kappa shape index (κ3) is 20.8. The highest BCUT2D eigenvalue weighted by atomic mass is 32.3. The van der Waals surface area contributed by atoms with Crippen molar-refractivity contribution in [3.05, 3.63) is 0 Å². The average molecular weight is 1380 g/mol. The molecule has 25 atom stereocenters. The first-order valence-electron chi connectivity index (χ1n) is 22.0. The van der Waals surface area contributed by atoms with Gasteiger partial charge >= 0.3 is 0 Å². The van der Waals surface area contributed by atoms with Gasteiger partial charge in [-0.1, -0.05) is 0 Å². The fourth-order valence-electron chi connectivity index (χ4n) is 8.60. The summed E-state index contributed by atoms with van der Waals surface area (Å²) in [6.45, 7) is 3.98. The molecule has 5 fully saturated rings. The van der Waals surface area contributed by atoms with Gasteiger partial charge in [0.25, 0.3) is 0 Å². The zero-order valence-electron chi connectivity index (χ0n) is 41.2. The quantitative estimate of drug-likeness (QED) is 0.0515. The second-order valence-corrected chi connectivity index (χ2v) is 25.8. The number of hydrogen-bond donors (Lipinski definition) is 4. The van der Waals surface area contributed by atoms with Crippen LogP contribution in [0, 0.1) is 0 Å². The van der Waals surface area contributed by atoms with Gasteiger partial charge in [0.15, 0.2) is 62.0 Å². The molecule has 0 radical (unpaired) electrons. The van der Waals surface area contributed by atoms with E-state index < -0.39 is 237 Å². The molecule has 5 rings (SSSR count). The lowest BCUT2D eigenvalue weighted by molar-refractivity contribution is -0.381. The molecule has 5 saturated heterocycles. The third-order valence-electron chi connectivity index (χ3n) is 11.7. The van der Waals surface area contributed by atoms with Gasteiger partial charge < -0.3 is 99.5 Å². The van der Waals surface area contributed by atoms with Crippen molar-refractivity contribution in [3.8, 4) is 0 Å². The first kappa shape index (κ1) is 72.2. The van der Waals surface area contributed by atoms with Crippen molar-refractivity contribution in [1.29, 1.82) is 0 Å². The van der Waals surface area contributed by atoms with Crippen LogP contribution in [0.15, 0.2) is 0 Å². The molecule has 10 unspecified atom stereocenters. The van der Waals surface area contributed by atoms with Gasteiger partial charge in [-0.15, -0.1) is 0 Å². The maximum Gasteiger partial charge on any atom is 0.218 e. The Balaban J connectivity index is 1.60. The molecule has 0 bridgehead atoms. The number of rotatable bonds is 24. The summed E-state index contributed by atoms with van der Waals surface area (Å²) in [5.41, 5.74) is 0. The summed E-state index contributed by atoms with van der Waals surface area (Å²) >= 11 is 0. The summed E-state index contributed by atoms with van der Waals surface area (Å²) in [6, 6.07) is 0. The lowest BCUT2D eigenvalue weighted by atomic mass is 9.96. The molecule has 53 heteroatoms. The molecule has 0 aromatic rings. The van der Waals surface area contributed by atoms with Crippen LogP contribution in [0.3, 0.4) is 0 Å². The Hall–Kier alpha value is -1.56. The van der Waals surface area contributed by atoms with Gasteiger partial charge in [-0.25, -0.2) is 67.3 Å². The van der Waals surface area contributed by atoms with Gasteiger partial charge in [-0.05, 0) is 34.6 Å². The van der Waals surface area contributed by atoms with E-state index >= 15 is 0 Å².